The van der Waals surface area contributed by atoms with Crippen LogP contribution in [0.5, 0.6) is 0 Å². The quantitative estimate of drug-likeness (QED) is 0.824. The van der Waals surface area contributed by atoms with E-state index in [1.807, 2.05) is 13.8 Å². The van der Waals surface area contributed by atoms with Gasteiger partial charge in [0, 0.05) is 6.04 Å². The van der Waals surface area contributed by atoms with Crippen LogP contribution in [-0.4, -0.2) is 22.1 Å². The summed E-state index contributed by atoms with van der Waals surface area (Å²) in [6, 6.07) is 2.15. The minimum Gasteiger partial charge on any atom is -0.349 e. The molecular weight excluding hydrogens is 202 g/mol. The zero-order valence-electron chi connectivity index (χ0n) is 9.79. The predicted molar refractivity (Wildman–Crippen MR) is 61.2 cm³/mol. The Labute approximate surface area is 95.5 Å². The average Bonchev–Trinajstić information content (AvgIpc) is 2.74. The summed E-state index contributed by atoms with van der Waals surface area (Å²) in [5.74, 6) is -0.0117. The van der Waals surface area contributed by atoms with E-state index in [9.17, 15) is 4.79 Å². The summed E-state index contributed by atoms with van der Waals surface area (Å²) in [7, 11) is 0. The molecule has 1 amide bonds. The van der Waals surface area contributed by atoms with Crippen molar-refractivity contribution in [2.24, 2.45) is 0 Å². The minimum absolute atomic E-state index is 0.0117. The van der Waals surface area contributed by atoms with Gasteiger partial charge in [-0.2, -0.15) is 10.2 Å². The first-order valence-electron chi connectivity index (χ1n) is 5.78. The van der Waals surface area contributed by atoms with Crippen molar-refractivity contribution < 1.29 is 4.79 Å². The Balaban J connectivity index is 2.10. The number of nitrogens with zero attached hydrogens (tertiary/aromatic N) is 2. The minimum atomic E-state index is -0.0117. The SMILES string of the molecule is Cc1cc(C(=O)NC2CCCC2)c(C)nn1. The van der Waals surface area contributed by atoms with Gasteiger partial charge in [0.2, 0.25) is 0 Å². The maximum Gasteiger partial charge on any atom is 0.253 e. The van der Waals surface area contributed by atoms with E-state index < -0.39 is 0 Å². The van der Waals surface area contributed by atoms with E-state index in [0.717, 1.165) is 18.5 Å². The van der Waals surface area contributed by atoms with Gasteiger partial charge in [0.1, 0.15) is 0 Å². The van der Waals surface area contributed by atoms with Crippen molar-refractivity contribution in [1.29, 1.82) is 0 Å². The highest BCUT2D eigenvalue weighted by Crippen LogP contribution is 2.18. The topological polar surface area (TPSA) is 54.9 Å². The summed E-state index contributed by atoms with van der Waals surface area (Å²) < 4.78 is 0. The van der Waals surface area contributed by atoms with Crippen molar-refractivity contribution in [3.63, 3.8) is 0 Å². The molecule has 1 aromatic rings. The van der Waals surface area contributed by atoms with Crippen LogP contribution in [0.25, 0.3) is 0 Å². The van der Waals surface area contributed by atoms with Gasteiger partial charge in [-0.1, -0.05) is 12.8 Å². The average molecular weight is 219 g/mol. The fourth-order valence-electron chi connectivity index (χ4n) is 2.11. The summed E-state index contributed by atoms with van der Waals surface area (Å²) in [5, 5.41) is 10.9. The number of hydrogen-bond acceptors (Lipinski definition) is 3. The lowest BCUT2D eigenvalue weighted by atomic mass is 10.1. The molecule has 0 radical (unpaired) electrons. The van der Waals surface area contributed by atoms with Gasteiger partial charge in [0.25, 0.3) is 5.91 Å². The van der Waals surface area contributed by atoms with Crippen molar-refractivity contribution >= 4 is 5.91 Å². The van der Waals surface area contributed by atoms with E-state index in [-0.39, 0.29) is 5.91 Å². The number of aromatic nitrogens is 2. The van der Waals surface area contributed by atoms with Crippen LogP contribution in [0.15, 0.2) is 6.07 Å². The zero-order chi connectivity index (χ0) is 11.5. The Morgan fingerprint density at radius 1 is 1.31 bits per heavy atom. The molecule has 0 aromatic carbocycles. The highest BCUT2D eigenvalue weighted by molar-refractivity contribution is 5.95. The van der Waals surface area contributed by atoms with Crippen molar-refractivity contribution in [3.05, 3.63) is 23.0 Å². The number of aryl methyl sites for hydroxylation is 2. The highest BCUT2D eigenvalue weighted by atomic mass is 16.1. The molecule has 0 unspecified atom stereocenters. The standard InChI is InChI=1S/C12H17N3O/c1-8-7-11(9(2)15-14-8)12(16)13-10-5-3-4-6-10/h7,10H,3-6H2,1-2H3,(H,13,16). The van der Waals surface area contributed by atoms with Crippen LogP contribution in [0.3, 0.4) is 0 Å². The van der Waals surface area contributed by atoms with Gasteiger partial charge in [-0.25, -0.2) is 0 Å². The molecule has 0 spiro atoms. The van der Waals surface area contributed by atoms with Crippen LogP contribution in [0.1, 0.15) is 47.4 Å². The van der Waals surface area contributed by atoms with Gasteiger partial charge in [0.05, 0.1) is 17.0 Å². The van der Waals surface area contributed by atoms with Crippen LogP contribution < -0.4 is 5.32 Å². The number of hydrogen-bond donors (Lipinski definition) is 1. The van der Waals surface area contributed by atoms with Crippen molar-refractivity contribution in [2.45, 2.75) is 45.6 Å². The molecule has 0 saturated heterocycles. The highest BCUT2D eigenvalue weighted by Gasteiger charge is 2.19. The third-order valence-corrected chi connectivity index (χ3v) is 3.04. The summed E-state index contributed by atoms with van der Waals surface area (Å²) in [6.07, 6.45) is 4.64. The predicted octanol–water partition coefficient (Wildman–Crippen LogP) is 1.77. The molecule has 0 aliphatic heterocycles. The lowest BCUT2D eigenvalue weighted by Gasteiger charge is -2.12. The largest absolute Gasteiger partial charge is 0.349 e. The Hall–Kier alpha value is -1.45. The molecule has 16 heavy (non-hydrogen) atoms. The van der Waals surface area contributed by atoms with Gasteiger partial charge < -0.3 is 5.32 Å². The molecule has 1 aliphatic carbocycles. The van der Waals surface area contributed by atoms with E-state index in [1.54, 1.807) is 6.07 Å². The Morgan fingerprint density at radius 2 is 2.00 bits per heavy atom. The summed E-state index contributed by atoms with van der Waals surface area (Å²) >= 11 is 0. The fraction of sp³-hybridized carbons (Fsp3) is 0.583. The second-order valence-corrected chi connectivity index (χ2v) is 4.44. The molecule has 1 fully saturated rings. The molecule has 4 nitrogen and oxygen atoms in total. The molecule has 4 heteroatoms. The van der Waals surface area contributed by atoms with Crippen molar-refractivity contribution in [1.82, 2.24) is 15.5 Å². The first-order chi connectivity index (χ1) is 7.66. The number of nitrogens with one attached hydrogen (secondary N) is 1. The first-order valence-corrected chi connectivity index (χ1v) is 5.78. The third-order valence-electron chi connectivity index (χ3n) is 3.04. The summed E-state index contributed by atoms with van der Waals surface area (Å²) in [4.78, 5) is 12.0. The van der Waals surface area contributed by atoms with Crippen LogP contribution >= 0.6 is 0 Å². The molecule has 1 aromatic heterocycles. The number of amides is 1. The number of rotatable bonds is 2. The van der Waals surface area contributed by atoms with Crippen LogP contribution in [-0.2, 0) is 0 Å². The van der Waals surface area contributed by atoms with E-state index >= 15 is 0 Å². The van der Waals surface area contributed by atoms with E-state index in [2.05, 4.69) is 15.5 Å². The van der Waals surface area contributed by atoms with E-state index in [1.165, 1.54) is 12.8 Å². The Morgan fingerprint density at radius 3 is 2.69 bits per heavy atom. The molecule has 0 bridgehead atoms. The molecule has 1 N–H and O–H groups in total. The molecule has 0 atom stereocenters. The molecule has 86 valence electrons. The van der Waals surface area contributed by atoms with Crippen LogP contribution in [0.4, 0.5) is 0 Å². The number of carbonyl (C=O) groups is 1. The molecule has 1 aliphatic rings. The lowest BCUT2D eigenvalue weighted by Crippen LogP contribution is -2.33. The second kappa shape index (κ2) is 4.60. The van der Waals surface area contributed by atoms with Gasteiger partial charge in [-0.3, -0.25) is 4.79 Å². The normalized spacial score (nSPS) is 16.4. The molecule has 1 heterocycles. The van der Waals surface area contributed by atoms with Gasteiger partial charge in [0.15, 0.2) is 0 Å². The van der Waals surface area contributed by atoms with Gasteiger partial charge >= 0.3 is 0 Å². The molecular formula is C12H17N3O. The Bertz CT molecular complexity index is 397. The second-order valence-electron chi connectivity index (χ2n) is 4.44. The molecule has 2 rings (SSSR count). The number of carbonyl (C=O) groups excluding carboxylic acids is 1. The third kappa shape index (κ3) is 2.38. The Kier molecular flexibility index (Phi) is 3.17. The summed E-state index contributed by atoms with van der Waals surface area (Å²) in [6.45, 7) is 3.66. The smallest absolute Gasteiger partial charge is 0.253 e. The molecule has 1 saturated carbocycles. The lowest BCUT2D eigenvalue weighted by molar-refractivity contribution is 0.0936. The van der Waals surface area contributed by atoms with Crippen molar-refractivity contribution in [2.75, 3.05) is 0 Å². The van der Waals surface area contributed by atoms with Gasteiger partial charge in [-0.15, -0.1) is 0 Å². The monoisotopic (exact) mass is 219 g/mol. The maximum atomic E-state index is 12.0. The van der Waals surface area contributed by atoms with Crippen LogP contribution in [0, 0.1) is 13.8 Å². The fourth-order valence-corrected chi connectivity index (χ4v) is 2.11. The van der Waals surface area contributed by atoms with E-state index in [0.29, 0.717) is 17.3 Å². The maximum absolute atomic E-state index is 12.0. The first kappa shape index (κ1) is 11.0. The van der Waals surface area contributed by atoms with Crippen LogP contribution in [0.2, 0.25) is 0 Å². The van der Waals surface area contributed by atoms with E-state index in [4.69, 9.17) is 0 Å². The van der Waals surface area contributed by atoms with Gasteiger partial charge in [-0.05, 0) is 32.8 Å². The summed E-state index contributed by atoms with van der Waals surface area (Å²) in [5.41, 5.74) is 2.13. The van der Waals surface area contributed by atoms with Crippen molar-refractivity contribution in [3.8, 4) is 0 Å². The zero-order valence-corrected chi connectivity index (χ0v) is 9.79.